The van der Waals surface area contributed by atoms with Gasteiger partial charge in [-0.15, -0.1) is 6.42 Å². The molecular formula is C10H12O4. The first-order chi connectivity index (χ1) is 6.58. The lowest BCUT2D eigenvalue weighted by Crippen LogP contribution is -2.38. The molecule has 0 aliphatic carbocycles. The van der Waals surface area contributed by atoms with Gasteiger partial charge in [-0.3, -0.25) is 0 Å². The Balaban J connectivity index is 2.53. The molecule has 1 aliphatic heterocycles. The van der Waals surface area contributed by atoms with E-state index in [4.69, 9.17) is 20.6 Å². The highest BCUT2D eigenvalue weighted by molar-refractivity contribution is 5.60. The van der Waals surface area contributed by atoms with Crippen LogP contribution in [-0.2, 0) is 14.2 Å². The third-order valence-electron chi connectivity index (χ3n) is 2.02. The van der Waals surface area contributed by atoms with Gasteiger partial charge in [0, 0.05) is 0 Å². The van der Waals surface area contributed by atoms with Gasteiger partial charge in [0.25, 0.3) is 0 Å². The Morgan fingerprint density at radius 1 is 1.71 bits per heavy atom. The summed E-state index contributed by atoms with van der Waals surface area (Å²) in [5.41, 5.74) is -0.509. The summed E-state index contributed by atoms with van der Waals surface area (Å²) in [5, 5.41) is 0. The van der Waals surface area contributed by atoms with E-state index in [-0.39, 0.29) is 19.8 Å². The second-order valence-corrected chi connectivity index (χ2v) is 3.30. The summed E-state index contributed by atoms with van der Waals surface area (Å²) in [7, 11) is 0. The van der Waals surface area contributed by atoms with E-state index in [0.29, 0.717) is 5.76 Å². The van der Waals surface area contributed by atoms with Gasteiger partial charge in [-0.1, -0.05) is 12.5 Å². The maximum atomic E-state index is 10.6. The molecule has 4 heteroatoms. The second-order valence-electron chi connectivity index (χ2n) is 3.30. The van der Waals surface area contributed by atoms with E-state index in [1.54, 1.807) is 0 Å². The first kappa shape index (κ1) is 10.5. The molecule has 0 aromatic carbocycles. The van der Waals surface area contributed by atoms with Crippen LogP contribution in [0, 0.1) is 17.8 Å². The van der Waals surface area contributed by atoms with E-state index >= 15 is 0 Å². The van der Waals surface area contributed by atoms with E-state index in [9.17, 15) is 4.79 Å². The van der Waals surface area contributed by atoms with Crippen LogP contribution >= 0.6 is 0 Å². The fourth-order valence-corrected chi connectivity index (χ4v) is 0.984. The van der Waals surface area contributed by atoms with Crippen LogP contribution in [0.3, 0.4) is 0 Å². The normalized spacial score (nSPS) is 18.7. The van der Waals surface area contributed by atoms with E-state index in [2.05, 4.69) is 12.5 Å². The lowest BCUT2D eigenvalue weighted by atomic mass is 9.90. The van der Waals surface area contributed by atoms with Gasteiger partial charge in [0.1, 0.15) is 25.6 Å². The van der Waals surface area contributed by atoms with Crippen molar-refractivity contribution in [2.75, 3.05) is 19.8 Å². The van der Waals surface area contributed by atoms with Gasteiger partial charge < -0.3 is 14.2 Å². The second kappa shape index (κ2) is 4.05. The van der Waals surface area contributed by atoms with E-state index in [1.165, 1.54) is 0 Å². The molecular weight excluding hydrogens is 184 g/mol. The number of carbonyl (C=O) groups is 1. The molecule has 0 unspecified atom stereocenters. The molecule has 1 saturated heterocycles. The summed E-state index contributed by atoms with van der Waals surface area (Å²) >= 11 is 0. The van der Waals surface area contributed by atoms with Crippen molar-refractivity contribution in [2.45, 2.75) is 6.92 Å². The van der Waals surface area contributed by atoms with E-state index < -0.39 is 11.6 Å². The molecule has 14 heavy (non-hydrogen) atoms. The Bertz CT molecular complexity index is 277. The Morgan fingerprint density at radius 2 is 2.29 bits per heavy atom. The molecule has 0 aromatic rings. The molecule has 0 atom stereocenters. The standard InChI is InChI=1S/C10H12O4/c1-4-5-12-8(2)10(3)6-13-9(11)14-7-10/h1H,2,5-7H2,3H3. The number of cyclic esters (lactones) is 2. The highest BCUT2D eigenvalue weighted by atomic mass is 16.7. The minimum atomic E-state index is -0.660. The molecule has 1 aliphatic rings. The first-order valence-electron chi connectivity index (χ1n) is 4.14. The average Bonchev–Trinajstić information content (AvgIpc) is 2.19. The number of ether oxygens (including phenoxy) is 3. The van der Waals surface area contributed by atoms with Crippen LogP contribution in [0.5, 0.6) is 0 Å². The zero-order valence-electron chi connectivity index (χ0n) is 8.04. The Labute approximate surface area is 82.8 Å². The number of carbonyl (C=O) groups excluding carboxylic acids is 1. The van der Waals surface area contributed by atoms with E-state index in [0.717, 1.165) is 0 Å². The molecule has 0 N–H and O–H groups in total. The van der Waals surface area contributed by atoms with Crippen LogP contribution in [0.15, 0.2) is 12.3 Å². The van der Waals surface area contributed by atoms with Crippen molar-refractivity contribution in [3.63, 3.8) is 0 Å². The zero-order valence-corrected chi connectivity index (χ0v) is 8.04. The van der Waals surface area contributed by atoms with Crippen LogP contribution < -0.4 is 0 Å². The van der Waals surface area contributed by atoms with E-state index in [1.807, 2.05) is 6.92 Å². The fourth-order valence-electron chi connectivity index (χ4n) is 0.984. The highest BCUT2D eigenvalue weighted by Gasteiger charge is 2.37. The molecule has 0 radical (unpaired) electrons. The summed E-state index contributed by atoms with van der Waals surface area (Å²) in [6.45, 7) is 6.12. The summed E-state index contributed by atoms with van der Waals surface area (Å²) in [4.78, 5) is 10.6. The molecule has 1 rings (SSSR count). The van der Waals surface area contributed by atoms with Crippen LogP contribution in [0.2, 0.25) is 0 Å². The topological polar surface area (TPSA) is 44.8 Å². The summed E-state index contributed by atoms with van der Waals surface area (Å²) in [6, 6.07) is 0. The van der Waals surface area contributed by atoms with Crippen molar-refractivity contribution in [1.82, 2.24) is 0 Å². The summed E-state index contributed by atoms with van der Waals surface area (Å²) in [6.07, 6.45) is 4.38. The maximum absolute atomic E-state index is 10.6. The van der Waals surface area contributed by atoms with Crippen LogP contribution in [0.25, 0.3) is 0 Å². The smallest absolute Gasteiger partial charge is 0.485 e. The molecule has 0 amide bonds. The van der Waals surface area contributed by atoms with Crippen molar-refractivity contribution >= 4 is 6.16 Å². The lowest BCUT2D eigenvalue weighted by molar-refractivity contribution is -0.0553. The predicted molar refractivity (Wildman–Crippen MR) is 49.3 cm³/mol. The number of terminal acetylenes is 1. The van der Waals surface area contributed by atoms with Crippen LogP contribution in [-0.4, -0.2) is 26.0 Å². The SMILES string of the molecule is C#CCOC(=C)C1(C)COC(=O)OC1. The van der Waals surface area contributed by atoms with Crippen molar-refractivity contribution in [2.24, 2.45) is 5.41 Å². The number of rotatable bonds is 3. The van der Waals surface area contributed by atoms with Crippen LogP contribution in [0.4, 0.5) is 4.79 Å². The molecule has 0 saturated carbocycles. The Kier molecular flexibility index (Phi) is 3.03. The first-order valence-corrected chi connectivity index (χ1v) is 4.14. The lowest BCUT2D eigenvalue weighted by Gasteiger charge is -2.32. The third-order valence-corrected chi connectivity index (χ3v) is 2.02. The van der Waals surface area contributed by atoms with Gasteiger partial charge in [0.2, 0.25) is 0 Å². The number of hydrogen-bond acceptors (Lipinski definition) is 4. The molecule has 76 valence electrons. The van der Waals surface area contributed by atoms with Gasteiger partial charge in [-0.25, -0.2) is 4.79 Å². The third kappa shape index (κ3) is 2.19. The van der Waals surface area contributed by atoms with Crippen molar-refractivity contribution in [3.05, 3.63) is 12.3 Å². The summed E-state index contributed by atoms with van der Waals surface area (Å²) in [5.74, 6) is 2.81. The highest BCUT2D eigenvalue weighted by Crippen LogP contribution is 2.30. The zero-order chi connectivity index (χ0) is 10.6. The maximum Gasteiger partial charge on any atom is 0.508 e. The van der Waals surface area contributed by atoms with Crippen LogP contribution in [0.1, 0.15) is 6.92 Å². The molecule has 4 nitrogen and oxygen atoms in total. The largest absolute Gasteiger partial charge is 0.508 e. The number of hydrogen-bond donors (Lipinski definition) is 0. The molecule has 0 bridgehead atoms. The predicted octanol–water partition coefficient (Wildman–Crippen LogP) is 1.32. The molecule has 1 heterocycles. The summed E-state index contributed by atoms with van der Waals surface area (Å²) < 4.78 is 14.6. The van der Waals surface area contributed by atoms with Crippen molar-refractivity contribution in [1.29, 1.82) is 0 Å². The minimum Gasteiger partial charge on any atom is -0.485 e. The van der Waals surface area contributed by atoms with Gasteiger partial charge in [-0.05, 0) is 6.92 Å². The Hall–Kier alpha value is -1.63. The van der Waals surface area contributed by atoms with Crippen molar-refractivity contribution in [3.8, 4) is 12.3 Å². The van der Waals surface area contributed by atoms with Crippen molar-refractivity contribution < 1.29 is 19.0 Å². The minimum absolute atomic E-state index is 0.155. The fraction of sp³-hybridized carbons (Fsp3) is 0.500. The van der Waals surface area contributed by atoms with Gasteiger partial charge >= 0.3 is 6.16 Å². The van der Waals surface area contributed by atoms with Gasteiger partial charge in [-0.2, -0.15) is 0 Å². The monoisotopic (exact) mass is 196 g/mol. The Morgan fingerprint density at radius 3 is 2.79 bits per heavy atom. The molecule has 0 spiro atoms. The van der Waals surface area contributed by atoms with Gasteiger partial charge in [0.05, 0.1) is 5.41 Å². The van der Waals surface area contributed by atoms with Gasteiger partial charge in [0.15, 0.2) is 0 Å². The molecule has 1 fully saturated rings. The quantitative estimate of drug-likeness (QED) is 0.388. The average molecular weight is 196 g/mol. The molecule has 0 aromatic heterocycles.